The summed E-state index contributed by atoms with van der Waals surface area (Å²) in [5.74, 6) is 0.507. The summed E-state index contributed by atoms with van der Waals surface area (Å²) in [6.45, 7) is 4.13. The number of aryl methyl sites for hydroxylation is 1. The first-order valence-corrected chi connectivity index (χ1v) is 10.0. The van der Waals surface area contributed by atoms with Gasteiger partial charge < -0.3 is 14.2 Å². The number of hydrogen-bond donors (Lipinski definition) is 1. The molecule has 0 saturated carbocycles. The van der Waals surface area contributed by atoms with Gasteiger partial charge >= 0.3 is 5.97 Å². The number of ether oxygens (including phenoxy) is 3. The molecule has 7 nitrogen and oxygen atoms in total. The zero-order valence-corrected chi connectivity index (χ0v) is 18.1. The number of benzene rings is 3. The summed E-state index contributed by atoms with van der Waals surface area (Å²) in [6.07, 6.45) is 1.49. The van der Waals surface area contributed by atoms with Crippen LogP contribution in [0.4, 0.5) is 0 Å². The van der Waals surface area contributed by atoms with Gasteiger partial charge in [0.25, 0.3) is 5.91 Å². The lowest BCUT2D eigenvalue weighted by Crippen LogP contribution is -2.17. The molecule has 0 aliphatic carbocycles. The van der Waals surface area contributed by atoms with Crippen molar-refractivity contribution in [2.45, 2.75) is 13.8 Å². The molecule has 3 aromatic carbocycles. The molecule has 0 atom stereocenters. The molecule has 3 aromatic rings. The molecule has 0 radical (unpaired) electrons. The molecular formula is C25H24N2O5. The lowest BCUT2D eigenvalue weighted by atomic mass is 10.1. The van der Waals surface area contributed by atoms with Gasteiger partial charge in [0.05, 0.1) is 25.5 Å². The number of nitrogens with one attached hydrogen (secondary N) is 1. The highest BCUT2D eigenvalue weighted by Gasteiger charge is 2.13. The van der Waals surface area contributed by atoms with E-state index in [9.17, 15) is 9.59 Å². The number of esters is 1. The molecule has 0 aliphatic heterocycles. The third kappa shape index (κ3) is 5.95. The van der Waals surface area contributed by atoms with E-state index in [1.807, 2.05) is 26.0 Å². The number of carbonyl (C=O) groups excluding carboxylic acids is 2. The Kier molecular flexibility index (Phi) is 7.59. The van der Waals surface area contributed by atoms with Gasteiger partial charge in [-0.2, -0.15) is 5.10 Å². The van der Waals surface area contributed by atoms with Crippen LogP contribution in [0.1, 0.15) is 38.8 Å². The van der Waals surface area contributed by atoms with Crippen molar-refractivity contribution in [3.63, 3.8) is 0 Å². The zero-order chi connectivity index (χ0) is 22.9. The fraction of sp³-hybridized carbons (Fsp3) is 0.160. The maximum Gasteiger partial charge on any atom is 0.343 e. The standard InChI is InChI=1S/C25H24N2O5/c1-4-31-23-15-18(16-26-27-24(28)20-7-5-6-17(2)14-20)8-13-22(23)32-25(29)19-9-11-21(30-3)12-10-19/h5-16H,4H2,1-3H3,(H,27,28)/b26-16-. The quantitative estimate of drug-likeness (QED) is 0.247. The summed E-state index contributed by atoms with van der Waals surface area (Å²) in [7, 11) is 1.56. The van der Waals surface area contributed by atoms with Gasteiger partial charge in [-0.3, -0.25) is 4.79 Å². The van der Waals surface area contributed by atoms with Crippen LogP contribution < -0.4 is 19.6 Å². The van der Waals surface area contributed by atoms with E-state index in [2.05, 4.69) is 10.5 Å². The van der Waals surface area contributed by atoms with Crippen LogP contribution in [0.15, 0.2) is 71.8 Å². The second kappa shape index (κ2) is 10.8. The molecule has 0 bridgehead atoms. The minimum absolute atomic E-state index is 0.286. The Morgan fingerprint density at radius 2 is 1.75 bits per heavy atom. The number of rotatable bonds is 8. The average molecular weight is 432 g/mol. The number of amides is 1. The molecule has 0 aromatic heterocycles. The topological polar surface area (TPSA) is 86.2 Å². The van der Waals surface area contributed by atoms with Crippen molar-refractivity contribution in [3.8, 4) is 17.2 Å². The van der Waals surface area contributed by atoms with Gasteiger partial charge in [-0.1, -0.05) is 17.7 Å². The molecule has 1 amide bonds. The van der Waals surface area contributed by atoms with E-state index in [1.165, 1.54) is 6.21 Å². The monoisotopic (exact) mass is 432 g/mol. The second-order valence-corrected chi connectivity index (χ2v) is 6.83. The van der Waals surface area contributed by atoms with Crippen LogP contribution in [0.25, 0.3) is 0 Å². The molecule has 0 aliphatic rings. The first kappa shape index (κ1) is 22.6. The summed E-state index contributed by atoms with van der Waals surface area (Å²) in [6, 6.07) is 18.9. The Morgan fingerprint density at radius 3 is 2.44 bits per heavy atom. The first-order chi connectivity index (χ1) is 15.5. The molecule has 0 saturated heterocycles. The maximum absolute atomic E-state index is 12.5. The summed E-state index contributed by atoms with van der Waals surface area (Å²) in [4.78, 5) is 24.7. The van der Waals surface area contributed by atoms with Crippen LogP contribution in [0, 0.1) is 6.92 Å². The van der Waals surface area contributed by atoms with Crippen molar-refractivity contribution < 1.29 is 23.8 Å². The Bertz CT molecular complexity index is 1120. The minimum Gasteiger partial charge on any atom is -0.497 e. The first-order valence-electron chi connectivity index (χ1n) is 10.0. The lowest BCUT2D eigenvalue weighted by molar-refractivity contribution is 0.0728. The van der Waals surface area contributed by atoms with Crippen LogP contribution in [0.2, 0.25) is 0 Å². The Hall–Kier alpha value is -4.13. The highest BCUT2D eigenvalue weighted by molar-refractivity contribution is 5.95. The third-order valence-corrected chi connectivity index (χ3v) is 4.46. The molecule has 164 valence electrons. The summed E-state index contributed by atoms with van der Waals surface area (Å²) in [5.41, 5.74) is 5.07. The smallest absolute Gasteiger partial charge is 0.343 e. The molecule has 0 spiro atoms. The predicted molar refractivity (Wildman–Crippen MR) is 122 cm³/mol. The summed E-state index contributed by atoms with van der Waals surface area (Å²) < 4.78 is 16.2. The van der Waals surface area contributed by atoms with Gasteiger partial charge in [-0.25, -0.2) is 10.2 Å². The number of methoxy groups -OCH3 is 1. The number of hydrazone groups is 1. The van der Waals surface area contributed by atoms with Crippen molar-refractivity contribution >= 4 is 18.1 Å². The Morgan fingerprint density at radius 1 is 0.969 bits per heavy atom. The van der Waals surface area contributed by atoms with Gasteiger partial charge in [0.2, 0.25) is 0 Å². The van der Waals surface area contributed by atoms with Crippen LogP contribution in [-0.4, -0.2) is 31.8 Å². The second-order valence-electron chi connectivity index (χ2n) is 6.83. The van der Waals surface area contributed by atoms with E-state index in [0.717, 1.165) is 5.56 Å². The van der Waals surface area contributed by atoms with E-state index >= 15 is 0 Å². The van der Waals surface area contributed by atoms with E-state index < -0.39 is 5.97 Å². The van der Waals surface area contributed by atoms with Crippen LogP contribution in [0.3, 0.4) is 0 Å². The lowest BCUT2D eigenvalue weighted by Gasteiger charge is -2.11. The van der Waals surface area contributed by atoms with Crippen LogP contribution >= 0.6 is 0 Å². The number of hydrogen-bond acceptors (Lipinski definition) is 6. The molecule has 3 rings (SSSR count). The highest BCUT2D eigenvalue weighted by Crippen LogP contribution is 2.29. The van der Waals surface area contributed by atoms with Crippen molar-refractivity contribution in [3.05, 3.63) is 89.0 Å². The van der Waals surface area contributed by atoms with Crippen LogP contribution in [-0.2, 0) is 0 Å². The van der Waals surface area contributed by atoms with Gasteiger partial charge in [-0.05, 0) is 74.0 Å². The highest BCUT2D eigenvalue weighted by atomic mass is 16.6. The van der Waals surface area contributed by atoms with Gasteiger partial charge in [-0.15, -0.1) is 0 Å². The van der Waals surface area contributed by atoms with Crippen molar-refractivity contribution in [1.29, 1.82) is 0 Å². The minimum atomic E-state index is -0.513. The summed E-state index contributed by atoms with van der Waals surface area (Å²) >= 11 is 0. The van der Waals surface area contributed by atoms with Crippen LogP contribution in [0.5, 0.6) is 17.2 Å². The normalized spacial score (nSPS) is 10.6. The molecule has 0 fully saturated rings. The van der Waals surface area contributed by atoms with E-state index in [-0.39, 0.29) is 11.7 Å². The Labute approximate surface area is 186 Å². The SMILES string of the molecule is CCOc1cc(/C=N\NC(=O)c2cccc(C)c2)ccc1OC(=O)c1ccc(OC)cc1. The zero-order valence-electron chi connectivity index (χ0n) is 18.1. The Balaban J connectivity index is 1.69. The molecular weight excluding hydrogens is 408 g/mol. The molecule has 0 heterocycles. The van der Waals surface area contributed by atoms with Gasteiger partial charge in [0.15, 0.2) is 11.5 Å². The third-order valence-electron chi connectivity index (χ3n) is 4.46. The van der Waals surface area contributed by atoms with E-state index in [0.29, 0.717) is 34.8 Å². The number of nitrogens with zero attached hydrogens (tertiary/aromatic N) is 1. The largest absolute Gasteiger partial charge is 0.497 e. The fourth-order valence-corrected chi connectivity index (χ4v) is 2.86. The molecule has 32 heavy (non-hydrogen) atoms. The van der Waals surface area contributed by atoms with Crippen molar-refractivity contribution in [1.82, 2.24) is 5.43 Å². The molecule has 1 N–H and O–H groups in total. The van der Waals surface area contributed by atoms with Crippen molar-refractivity contribution in [2.24, 2.45) is 5.10 Å². The maximum atomic E-state index is 12.5. The van der Waals surface area contributed by atoms with Crippen molar-refractivity contribution in [2.75, 3.05) is 13.7 Å². The van der Waals surface area contributed by atoms with E-state index in [4.69, 9.17) is 14.2 Å². The van der Waals surface area contributed by atoms with Gasteiger partial charge in [0.1, 0.15) is 5.75 Å². The predicted octanol–water partition coefficient (Wildman–Crippen LogP) is 4.39. The average Bonchev–Trinajstić information content (AvgIpc) is 2.80. The van der Waals surface area contributed by atoms with E-state index in [1.54, 1.807) is 61.7 Å². The number of carbonyl (C=O) groups is 2. The fourth-order valence-electron chi connectivity index (χ4n) is 2.86. The summed E-state index contributed by atoms with van der Waals surface area (Å²) in [5, 5.41) is 4.00. The van der Waals surface area contributed by atoms with Gasteiger partial charge in [0, 0.05) is 5.56 Å². The molecule has 0 unspecified atom stereocenters. The molecule has 7 heteroatoms.